The van der Waals surface area contributed by atoms with Crippen LogP contribution in [-0.4, -0.2) is 47.5 Å². The van der Waals surface area contributed by atoms with E-state index >= 15 is 0 Å². The summed E-state index contributed by atoms with van der Waals surface area (Å²) in [6.07, 6.45) is 2.38. The third-order valence-electron chi connectivity index (χ3n) is 2.46. The number of Topliss-reactive ketones (excluding diaryl/α,β-unsaturated/α-hetero) is 1. The average Bonchev–Trinajstić information content (AvgIpc) is 2.61. The molecule has 0 bridgehead atoms. The van der Waals surface area contributed by atoms with Gasteiger partial charge in [0, 0.05) is 31.7 Å². The molecule has 0 spiro atoms. The molecule has 18 heavy (non-hydrogen) atoms. The third kappa shape index (κ3) is 3.24. The second-order valence-corrected chi connectivity index (χ2v) is 3.87. The quantitative estimate of drug-likeness (QED) is 0.550. The number of nitrogens with one attached hydrogen (secondary N) is 1. The minimum Gasteiger partial charge on any atom is -0.354 e. The Morgan fingerprint density at radius 2 is 1.89 bits per heavy atom. The molecule has 1 aliphatic rings. The van der Waals surface area contributed by atoms with E-state index in [0.717, 1.165) is 17.1 Å². The molecule has 1 heterocycles. The van der Waals surface area contributed by atoms with Crippen LogP contribution in [0, 0.1) is 0 Å². The largest absolute Gasteiger partial charge is 0.354 e. The van der Waals surface area contributed by atoms with E-state index in [2.05, 4.69) is 5.32 Å². The van der Waals surface area contributed by atoms with E-state index in [9.17, 15) is 19.2 Å². The number of hydrogen-bond acceptors (Lipinski definition) is 5. The highest BCUT2D eigenvalue weighted by Gasteiger charge is 2.34. The summed E-state index contributed by atoms with van der Waals surface area (Å²) < 4.78 is 0. The molecular formula is C11H15N3O4. The van der Waals surface area contributed by atoms with E-state index in [0.29, 0.717) is 0 Å². The molecule has 0 aliphatic carbocycles. The molecule has 0 saturated carbocycles. The molecule has 1 atom stereocenters. The average molecular weight is 253 g/mol. The molecule has 7 nitrogen and oxygen atoms in total. The molecule has 98 valence electrons. The van der Waals surface area contributed by atoms with Crippen molar-refractivity contribution < 1.29 is 19.2 Å². The van der Waals surface area contributed by atoms with E-state index in [1.54, 1.807) is 0 Å². The van der Waals surface area contributed by atoms with Crippen molar-refractivity contribution in [3.8, 4) is 0 Å². The van der Waals surface area contributed by atoms with E-state index in [1.165, 1.54) is 6.92 Å². The first kappa shape index (κ1) is 14.0. The van der Waals surface area contributed by atoms with Crippen LogP contribution in [0.25, 0.3) is 0 Å². The van der Waals surface area contributed by atoms with Gasteiger partial charge in [0.1, 0.15) is 11.8 Å². The first-order chi connectivity index (χ1) is 8.47. The van der Waals surface area contributed by atoms with Gasteiger partial charge in [-0.25, -0.2) is 0 Å². The molecule has 0 aromatic carbocycles. The van der Waals surface area contributed by atoms with Crippen molar-refractivity contribution in [2.75, 3.05) is 13.1 Å². The van der Waals surface area contributed by atoms with Crippen LogP contribution in [0.3, 0.4) is 0 Å². The lowest BCUT2D eigenvalue weighted by Gasteiger charge is -2.23. The number of rotatable bonds is 6. The Hall–Kier alpha value is -2.02. The maximum absolute atomic E-state index is 11.8. The molecule has 1 rings (SSSR count). The zero-order valence-corrected chi connectivity index (χ0v) is 10.0. The lowest BCUT2D eigenvalue weighted by atomic mass is 10.2. The topological polar surface area (TPSA) is 110 Å². The number of nitrogens with zero attached hydrogens (tertiary/aromatic N) is 1. The SMILES string of the molecule is CC(=O)CCNC(=O)[C@H](CN)N1C(=O)C=CC1=O. The summed E-state index contributed by atoms with van der Waals surface area (Å²) in [5.41, 5.74) is 5.41. The van der Waals surface area contributed by atoms with Crippen LogP contribution < -0.4 is 11.1 Å². The lowest BCUT2D eigenvalue weighted by molar-refractivity contribution is -0.145. The van der Waals surface area contributed by atoms with Crippen molar-refractivity contribution in [1.29, 1.82) is 0 Å². The number of ketones is 1. The standard InChI is InChI=1S/C11H15N3O4/c1-7(15)4-5-13-11(18)8(6-12)14-9(16)2-3-10(14)17/h2-3,8H,4-6,12H2,1H3,(H,13,18)/t8-/m0/s1. The molecule has 3 amide bonds. The molecule has 0 aromatic heterocycles. The van der Waals surface area contributed by atoms with Gasteiger partial charge in [-0.15, -0.1) is 0 Å². The van der Waals surface area contributed by atoms with Crippen LogP contribution >= 0.6 is 0 Å². The van der Waals surface area contributed by atoms with Crippen LogP contribution in [0.4, 0.5) is 0 Å². The summed E-state index contributed by atoms with van der Waals surface area (Å²) in [4.78, 5) is 46.1. The van der Waals surface area contributed by atoms with Gasteiger partial charge in [0.25, 0.3) is 11.8 Å². The molecule has 0 radical (unpaired) electrons. The first-order valence-corrected chi connectivity index (χ1v) is 5.49. The summed E-state index contributed by atoms with van der Waals surface area (Å²) in [5, 5.41) is 2.47. The molecule has 1 aliphatic heterocycles. The number of carbonyl (C=O) groups is 4. The van der Waals surface area contributed by atoms with Crippen LogP contribution in [0.2, 0.25) is 0 Å². The Morgan fingerprint density at radius 1 is 1.33 bits per heavy atom. The zero-order valence-electron chi connectivity index (χ0n) is 10.0. The summed E-state index contributed by atoms with van der Waals surface area (Å²) in [6, 6.07) is -1.04. The second kappa shape index (κ2) is 6.06. The van der Waals surface area contributed by atoms with Crippen LogP contribution in [-0.2, 0) is 19.2 Å². The number of imide groups is 1. The Labute approximate surface area is 104 Å². The van der Waals surface area contributed by atoms with Gasteiger partial charge >= 0.3 is 0 Å². The van der Waals surface area contributed by atoms with Gasteiger partial charge in [-0.3, -0.25) is 24.1 Å². The number of amides is 3. The van der Waals surface area contributed by atoms with Crippen LogP contribution in [0.15, 0.2) is 12.2 Å². The normalized spacial score (nSPS) is 16.0. The van der Waals surface area contributed by atoms with Gasteiger partial charge in [0.15, 0.2) is 0 Å². The fourth-order valence-electron chi connectivity index (χ4n) is 1.53. The van der Waals surface area contributed by atoms with Crippen LogP contribution in [0.1, 0.15) is 13.3 Å². The Bertz CT molecular complexity index is 399. The molecule has 0 unspecified atom stereocenters. The van der Waals surface area contributed by atoms with Gasteiger partial charge in [0.2, 0.25) is 5.91 Å². The minimum atomic E-state index is -1.04. The summed E-state index contributed by atoms with van der Waals surface area (Å²) >= 11 is 0. The number of nitrogens with two attached hydrogens (primary N) is 1. The van der Waals surface area contributed by atoms with Crippen molar-refractivity contribution in [3.05, 3.63) is 12.2 Å². The highest BCUT2D eigenvalue weighted by Crippen LogP contribution is 2.08. The molecular weight excluding hydrogens is 238 g/mol. The smallest absolute Gasteiger partial charge is 0.254 e. The summed E-state index contributed by atoms with van der Waals surface area (Å²) in [6.45, 7) is 1.41. The van der Waals surface area contributed by atoms with E-state index < -0.39 is 23.8 Å². The number of hydrogen-bond donors (Lipinski definition) is 2. The molecule has 0 saturated heterocycles. The van der Waals surface area contributed by atoms with E-state index in [1.807, 2.05) is 0 Å². The predicted octanol–water partition coefficient (Wildman–Crippen LogP) is -1.67. The van der Waals surface area contributed by atoms with Crippen molar-refractivity contribution in [1.82, 2.24) is 10.2 Å². The van der Waals surface area contributed by atoms with Crippen molar-refractivity contribution >= 4 is 23.5 Å². The number of carbonyl (C=O) groups excluding carboxylic acids is 4. The van der Waals surface area contributed by atoms with Gasteiger partial charge in [-0.2, -0.15) is 0 Å². The van der Waals surface area contributed by atoms with Gasteiger partial charge < -0.3 is 11.1 Å². The van der Waals surface area contributed by atoms with Crippen LogP contribution in [0.5, 0.6) is 0 Å². The second-order valence-electron chi connectivity index (χ2n) is 3.87. The summed E-state index contributed by atoms with van der Waals surface area (Å²) in [7, 11) is 0. The van der Waals surface area contributed by atoms with Crippen molar-refractivity contribution in [2.45, 2.75) is 19.4 Å². The first-order valence-electron chi connectivity index (χ1n) is 5.49. The van der Waals surface area contributed by atoms with Crippen molar-refractivity contribution in [2.24, 2.45) is 5.73 Å². The van der Waals surface area contributed by atoms with Gasteiger partial charge in [0.05, 0.1) is 0 Å². The predicted molar refractivity (Wildman–Crippen MR) is 62.1 cm³/mol. The van der Waals surface area contributed by atoms with Gasteiger partial charge in [-0.05, 0) is 6.92 Å². The third-order valence-corrected chi connectivity index (χ3v) is 2.46. The zero-order chi connectivity index (χ0) is 13.7. The fourth-order valence-corrected chi connectivity index (χ4v) is 1.53. The van der Waals surface area contributed by atoms with Gasteiger partial charge in [-0.1, -0.05) is 0 Å². The highest BCUT2D eigenvalue weighted by molar-refractivity contribution is 6.15. The maximum Gasteiger partial charge on any atom is 0.254 e. The molecule has 7 heteroatoms. The molecule has 0 fully saturated rings. The highest BCUT2D eigenvalue weighted by atomic mass is 16.2. The Morgan fingerprint density at radius 3 is 2.33 bits per heavy atom. The van der Waals surface area contributed by atoms with E-state index in [-0.39, 0.29) is 25.3 Å². The molecule has 0 aromatic rings. The molecule has 3 N–H and O–H groups in total. The Kier molecular flexibility index (Phi) is 4.73. The van der Waals surface area contributed by atoms with E-state index in [4.69, 9.17) is 5.73 Å². The Balaban J connectivity index is 2.60. The fraction of sp³-hybridized carbons (Fsp3) is 0.455. The lowest BCUT2D eigenvalue weighted by Crippen LogP contribution is -2.53. The maximum atomic E-state index is 11.8. The van der Waals surface area contributed by atoms with Crippen molar-refractivity contribution in [3.63, 3.8) is 0 Å². The summed E-state index contributed by atoms with van der Waals surface area (Å²) in [5.74, 6) is -1.71. The minimum absolute atomic E-state index is 0.0606. The monoisotopic (exact) mass is 253 g/mol.